The van der Waals surface area contributed by atoms with Gasteiger partial charge >= 0.3 is 0 Å². The van der Waals surface area contributed by atoms with E-state index in [9.17, 15) is 13.2 Å². The Morgan fingerprint density at radius 3 is 2.56 bits per heavy atom. The Morgan fingerprint density at radius 1 is 1.44 bits per heavy atom. The molecule has 1 fully saturated rings. The predicted molar refractivity (Wildman–Crippen MR) is 66.6 cm³/mol. The van der Waals surface area contributed by atoms with Crippen LogP contribution in [-0.4, -0.2) is 50.5 Å². The summed E-state index contributed by atoms with van der Waals surface area (Å²) in [6, 6.07) is 0. The number of halogens is 1. The van der Waals surface area contributed by atoms with Crippen LogP contribution in [0.15, 0.2) is 4.34 Å². The van der Waals surface area contributed by atoms with Crippen molar-refractivity contribution < 1.29 is 17.9 Å². The summed E-state index contributed by atoms with van der Waals surface area (Å²) < 4.78 is 27.2. The molecule has 0 aromatic carbocycles. The first kappa shape index (κ1) is 13.7. The molecular formula is C9H11ClN2O4S2. The molecule has 100 valence electrons. The maximum absolute atomic E-state index is 12.2. The van der Waals surface area contributed by atoms with Crippen molar-refractivity contribution in [3.8, 4) is 0 Å². The minimum absolute atomic E-state index is 0.222. The minimum atomic E-state index is -3.88. The Labute approximate surface area is 113 Å². The molecule has 0 saturated carbocycles. The van der Waals surface area contributed by atoms with Crippen LogP contribution in [-0.2, 0) is 13.8 Å². The second-order valence-electron chi connectivity index (χ2n) is 3.74. The molecule has 1 aromatic rings. The van der Waals surface area contributed by atoms with Crippen molar-refractivity contribution in [1.29, 1.82) is 0 Å². The largest absolute Gasteiger partial charge is 0.378 e. The van der Waals surface area contributed by atoms with Crippen molar-refractivity contribution in [2.24, 2.45) is 0 Å². The highest BCUT2D eigenvalue weighted by molar-refractivity contribution is 8.15. The van der Waals surface area contributed by atoms with Crippen molar-refractivity contribution >= 4 is 37.0 Å². The molecule has 6 nitrogen and oxygen atoms in total. The van der Waals surface area contributed by atoms with Gasteiger partial charge in [-0.1, -0.05) is 11.3 Å². The van der Waals surface area contributed by atoms with Gasteiger partial charge in [0.25, 0.3) is 15.0 Å². The van der Waals surface area contributed by atoms with Crippen LogP contribution in [0, 0.1) is 6.92 Å². The van der Waals surface area contributed by atoms with Crippen LogP contribution in [0.4, 0.5) is 0 Å². The molecule has 1 amide bonds. The van der Waals surface area contributed by atoms with Crippen LogP contribution in [0.1, 0.15) is 15.4 Å². The summed E-state index contributed by atoms with van der Waals surface area (Å²) >= 11 is 0.805. The van der Waals surface area contributed by atoms with Crippen molar-refractivity contribution in [3.05, 3.63) is 10.6 Å². The highest BCUT2D eigenvalue weighted by Gasteiger charge is 2.26. The smallest absolute Gasteiger partial charge is 0.288 e. The van der Waals surface area contributed by atoms with E-state index in [1.807, 2.05) is 0 Å². The van der Waals surface area contributed by atoms with Gasteiger partial charge in [-0.2, -0.15) is 0 Å². The molecule has 0 N–H and O–H groups in total. The predicted octanol–water partition coefficient (Wildman–Crippen LogP) is 0.851. The number of aromatic nitrogens is 1. The molecule has 1 aromatic heterocycles. The van der Waals surface area contributed by atoms with E-state index in [2.05, 4.69) is 4.98 Å². The third kappa shape index (κ3) is 2.82. The lowest BCUT2D eigenvalue weighted by molar-refractivity contribution is 0.0305. The topological polar surface area (TPSA) is 76.6 Å². The summed E-state index contributed by atoms with van der Waals surface area (Å²) in [4.78, 5) is 17.9. The maximum atomic E-state index is 12.2. The van der Waals surface area contributed by atoms with E-state index in [1.54, 1.807) is 11.8 Å². The number of carbonyl (C=O) groups excluding carboxylic acids is 1. The standard InChI is InChI=1S/C9H11ClN2O4S2/c1-6-7(17-9(11-6)18(10,14)15)8(13)12-2-4-16-5-3-12/h2-5H2,1H3. The van der Waals surface area contributed by atoms with Gasteiger partial charge in [-0.05, 0) is 6.92 Å². The van der Waals surface area contributed by atoms with Gasteiger partial charge in [0, 0.05) is 23.8 Å². The molecule has 1 aliphatic rings. The van der Waals surface area contributed by atoms with Gasteiger partial charge in [0.05, 0.1) is 18.9 Å². The average molecular weight is 311 g/mol. The number of aryl methyl sites for hydroxylation is 1. The van der Waals surface area contributed by atoms with Gasteiger partial charge < -0.3 is 9.64 Å². The molecule has 0 atom stereocenters. The number of amides is 1. The Morgan fingerprint density at radius 2 is 2.06 bits per heavy atom. The van der Waals surface area contributed by atoms with Gasteiger partial charge in [-0.25, -0.2) is 13.4 Å². The molecule has 2 rings (SSSR count). The monoisotopic (exact) mass is 310 g/mol. The van der Waals surface area contributed by atoms with E-state index in [4.69, 9.17) is 15.4 Å². The summed E-state index contributed by atoms with van der Waals surface area (Å²) in [6.07, 6.45) is 0. The Kier molecular flexibility index (Phi) is 3.90. The van der Waals surface area contributed by atoms with Crippen molar-refractivity contribution in [3.63, 3.8) is 0 Å². The van der Waals surface area contributed by atoms with Crippen LogP contribution in [0.3, 0.4) is 0 Å². The molecule has 0 radical (unpaired) electrons. The molecule has 0 spiro atoms. The number of carbonyl (C=O) groups is 1. The Hall–Kier alpha value is -0.700. The maximum Gasteiger partial charge on any atom is 0.288 e. The minimum Gasteiger partial charge on any atom is -0.378 e. The van der Waals surface area contributed by atoms with E-state index in [-0.39, 0.29) is 10.2 Å². The zero-order chi connectivity index (χ0) is 13.3. The number of rotatable bonds is 2. The quantitative estimate of drug-likeness (QED) is 0.757. The molecule has 1 aliphatic heterocycles. The Balaban J connectivity index is 2.28. The first-order valence-electron chi connectivity index (χ1n) is 5.18. The molecule has 2 heterocycles. The third-order valence-corrected chi connectivity index (χ3v) is 5.55. The fourth-order valence-electron chi connectivity index (χ4n) is 1.58. The summed E-state index contributed by atoms with van der Waals surface area (Å²) in [7, 11) is 1.33. The molecule has 0 aliphatic carbocycles. The van der Waals surface area contributed by atoms with Crippen LogP contribution in [0.5, 0.6) is 0 Å². The number of thiazole rings is 1. The van der Waals surface area contributed by atoms with Crippen molar-refractivity contribution in [2.45, 2.75) is 11.3 Å². The third-order valence-electron chi connectivity index (χ3n) is 2.48. The van der Waals surface area contributed by atoms with Crippen LogP contribution >= 0.6 is 22.0 Å². The normalized spacial score (nSPS) is 16.9. The lowest BCUT2D eigenvalue weighted by Gasteiger charge is -2.26. The summed E-state index contributed by atoms with van der Waals surface area (Å²) in [5.41, 5.74) is 0.385. The van der Waals surface area contributed by atoms with Crippen LogP contribution in [0.25, 0.3) is 0 Å². The zero-order valence-electron chi connectivity index (χ0n) is 9.55. The van der Waals surface area contributed by atoms with E-state index in [1.165, 1.54) is 0 Å². The second kappa shape index (κ2) is 5.12. The van der Waals surface area contributed by atoms with E-state index >= 15 is 0 Å². The summed E-state index contributed by atoms with van der Waals surface area (Å²) in [5, 5.41) is 0. The fraction of sp³-hybridized carbons (Fsp3) is 0.556. The molecule has 1 saturated heterocycles. The molecule has 18 heavy (non-hydrogen) atoms. The first-order valence-corrected chi connectivity index (χ1v) is 8.31. The number of ether oxygens (including phenoxy) is 1. The van der Waals surface area contributed by atoms with Gasteiger partial charge in [-0.3, -0.25) is 4.79 Å². The van der Waals surface area contributed by atoms with Gasteiger partial charge in [0.2, 0.25) is 4.34 Å². The van der Waals surface area contributed by atoms with E-state index < -0.39 is 9.05 Å². The number of hydrogen-bond acceptors (Lipinski definition) is 6. The second-order valence-corrected chi connectivity index (χ2v) is 7.48. The fourth-order valence-corrected chi connectivity index (χ4v) is 3.63. The van der Waals surface area contributed by atoms with E-state index in [0.717, 1.165) is 11.3 Å². The Bertz CT molecular complexity index is 563. The van der Waals surface area contributed by atoms with Gasteiger partial charge in [-0.15, -0.1) is 0 Å². The molecule has 0 unspecified atom stereocenters. The number of morpholine rings is 1. The molecule has 0 bridgehead atoms. The van der Waals surface area contributed by atoms with E-state index in [0.29, 0.717) is 36.9 Å². The highest BCUT2D eigenvalue weighted by atomic mass is 35.7. The summed E-state index contributed by atoms with van der Waals surface area (Å²) in [6.45, 7) is 3.57. The number of nitrogens with zero attached hydrogens (tertiary/aromatic N) is 2. The SMILES string of the molecule is Cc1nc(S(=O)(=O)Cl)sc1C(=O)N1CCOCC1. The van der Waals surface area contributed by atoms with Gasteiger partial charge in [0.1, 0.15) is 4.88 Å². The average Bonchev–Trinajstić information content (AvgIpc) is 2.71. The number of hydrogen-bond donors (Lipinski definition) is 0. The van der Waals surface area contributed by atoms with Gasteiger partial charge in [0.15, 0.2) is 0 Å². The summed E-state index contributed by atoms with van der Waals surface area (Å²) in [5.74, 6) is -0.222. The molecule has 9 heteroatoms. The highest BCUT2D eigenvalue weighted by Crippen LogP contribution is 2.26. The lowest BCUT2D eigenvalue weighted by atomic mass is 10.3. The molecular weight excluding hydrogens is 300 g/mol. The van der Waals surface area contributed by atoms with Crippen LogP contribution in [0.2, 0.25) is 0 Å². The lowest BCUT2D eigenvalue weighted by Crippen LogP contribution is -2.40. The zero-order valence-corrected chi connectivity index (χ0v) is 11.9. The van der Waals surface area contributed by atoms with Crippen molar-refractivity contribution in [2.75, 3.05) is 26.3 Å². The van der Waals surface area contributed by atoms with Crippen molar-refractivity contribution in [1.82, 2.24) is 9.88 Å². The first-order chi connectivity index (χ1) is 8.39. The van der Waals surface area contributed by atoms with Crippen LogP contribution < -0.4 is 0 Å².